The van der Waals surface area contributed by atoms with Crippen LogP contribution >= 0.6 is 23.8 Å². The number of methoxy groups -OCH3 is 1. The maximum atomic E-state index is 15.5. The van der Waals surface area contributed by atoms with Gasteiger partial charge in [-0.3, -0.25) is 4.90 Å². The van der Waals surface area contributed by atoms with Crippen molar-refractivity contribution < 1.29 is 23.0 Å². The summed E-state index contributed by atoms with van der Waals surface area (Å²) in [6, 6.07) is 6.23. The van der Waals surface area contributed by atoms with Crippen molar-refractivity contribution in [3.63, 3.8) is 0 Å². The lowest BCUT2D eigenvalue weighted by Crippen LogP contribution is -2.44. The Bertz CT molecular complexity index is 1200. The van der Waals surface area contributed by atoms with Crippen LogP contribution in [0.1, 0.15) is 31.2 Å². The van der Waals surface area contributed by atoms with Crippen molar-refractivity contribution in [3.8, 4) is 0 Å². The fourth-order valence-electron chi connectivity index (χ4n) is 5.08. The molecule has 1 atom stereocenters. The Balaban J connectivity index is 1.29. The highest BCUT2D eigenvalue weighted by Crippen LogP contribution is 2.34. The Morgan fingerprint density at radius 3 is 2.56 bits per heavy atom. The van der Waals surface area contributed by atoms with Gasteiger partial charge in [0.05, 0.1) is 19.3 Å². The van der Waals surface area contributed by atoms with Gasteiger partial charge < -0.3 is 14.4 Å². The molecule has 0 bridgehead atoms. The lowest BCUT2D eigenvalue weighted by molar-refractivity contribution is -0.0239. The van der Waals surface area contributed by atoms with Crippen LogP contribution in [0.15, 0.2) is 30.5 Å². The highest BCUT2D eigenvalue weighted by Gasteiger charge is 2.35. The van der Waals surface area contributed by atoms with Crippen LogP contribution in [0.5, 0.6) is 0 Å². The Hall–Kier alpha value is -2.60. The van der Waals surface area contributed by atoms with E-state index in [2.05, 4.69) is 15.0 Å². The average molecular weight is 580 g/mol. The molecular weight excluding hydrogens is 548 g/mol. The lowest BCUT2D eigenvalue weighted by atomic mass is 10.2. The summed E-state index contributed by atoms with van der Waals surface area (Å²) in [4.78, 5) is 19.6. The molecule has 0 unspecified atom stereocenters. The SMILES string of the molecule is COC(=S)CC[C@H]1CN(c2cc(F)c(N3CCN(Cc4cccnc4Cl)N(CC4CC4)CC3)c(F)c2)C(=O)O1. The summed E-state index contributed by atoms with van der Waals surface area (Å²) in [5, 5.41) is 5.37. The van der Waals surface area contributed by atoms with Crippen LogP contribution in [0.3, 0.4) is 0 Å². The second-order valence-electron chi connectivity index (χ2n) is 10.2. The summed E-state index contributed by atoms with van der Waals surface area (Å²) in [7, 11) is 1.49. The number of carbonyl (C=O) groups is 1. The first-order valence-corrected chi connectivity index (χ1v) is 14.0. The number of hydrazine groups is 1. The number of ether oxygens (including phenoxy) is 2. The van der Waals surface area contributed by atoms with Gasteiger partial charge in [0.2, 0.25) is 0 Å². The van der Waals surface area contributed by atoms with E-state index < -0.39 is 23.8 Å². The molecule has 1 aromatic carbocycles. The Morgan fingerprint density at radius 2 is 1.90 bits per heavy atom. The number of thiocarbonyl (C=S) groups is 1. The van der Waals surface area contributed by atoms with Crippen LogP contribution in [0.4, 0.5) is 25.0 Å². The molecule has 5 rings (SSSR count). The molecule has 0 spiro atoms. The zero-order valence-corrected chi connectivity index (χ0v) is 23.4. The monoisotopic (exact) mass is 579 g/mol. The molecule has 0 radical (unpaired) electrons. The molecule has 210 valence electrons. The molecule has 3 heterocycles. The van der Waals surface area contributed by atoms with Crippen LogP contribution < -0.4 is 9.80 Å². The van der Waals surface area contributed by atoms with E-state index >= 15 is 8.78 Å². The molecule has 8 nitrogen and oxygen atoms in total. The molecule has 2 aromatic rings. The van der Waals surface area contributed by atoms with Gasteiger partial charge in [-0.25, -0.2) is 28.6 Å². The average Bonchev–Trinajstić information content (AvgIpc) is 3.69. The van der Waals surface area contributed by atoms with E-state index in [0.29, 0.717) is 61.7 Å². The van der Waals surface area contributed by atoms with Crippen LogP contribution in [0, 0.1) is 17.6 Å². The van der Waals surface area contributed by atoms with E-state index in [1.807, 2.05) is 12.1 Å². The second kappa shape index (κ2) is 12.3. The smallest absolute Gasteiger partial charge is 0.414 e. The number of benzene rings is 1. The Kier molecular flexibility index (Phi) is 8.80. The van der Waals surface area contributed by atoms with Crippen molar-refractivity contribution in [2.45, 2.75) is 38.3 Å². The fourth-order valence-corrected chi connectivity index (χ4v) is 5.38. The van der Waals surface area contributed by atoms with Crippen molar-refractivity contribution in [1.82, 2.24) is 15.0 Å². The maximum Gasteiger partial charge on any atom is 0.414 e. The van der Waals surface area contributed by atoms with Crippen LogP contribution in [-0.4, -0.2) is 78.6 Å². The van der Waals surface area contributed by atoms with Gasteiger partial charge >= 0.3 is 6.09 Å². The summed E-state index contributed by atoms with van der Waals surface area (Å²) in [5.74, 6) is -0.774. The number of hydrogen-bond donors (Lipinski definition) is 0. The number of pyridine rings is 1. The van der Waals surface area contributed by atoms with Gasteiger partial charge in [0, 0.05) is 69.6 Å². The minimum Gasteiger partial charge on any atom is -0.490 e. The molecular formula is C27H32ClF2N5O3S. The minimum atomic E-state index is -0.709. The van der Waals surface area contributed by atoms with E-state index in [4.69, 9.17) is 33.3 Å². The second-order valence-corrected chi connectivity index (χ2v) is 11.0. The standard InChI is InChI=1S/C27H32ClF2N5O3S/c1-37-24(39)7-6-21-17-35(27(36)38-21)20-13-22(29)25(23(30)14-20)32-9-11-33(15-18-4-5-18)34(12-10-32)16-19-3-2-8-31-26(19)28/h2-3,8,13-14,18,21H,4-7,9-12,15-17H2,1H3/t21-/m0/s1. The van der Waals surface area contributed by atoms with E-state index in [0.717, 1.165) is 12.1 Å². The number of anilines is 2. The van der Waals surface area contributed by atoms with Crippen molar-refractivity contribution in [1.29, 1.82) is 0 Å². The third kappa shape index (κ3) is 6.77. The molecule has 12 heteroatoms. The van der Waals surface area contributed by atoms with E-state index in [1.165, 1.54) is 37.0 Å². The first-order valence-electron chi connectivity index (χ1n) is 13.2. The predicted molar refractivity (Wildman–Crippen MR) is 149 cm³/mol. The fraction of sp³-hybridized carbons (Fsp3) is 0.519. The predicted octanol–water partition coefficient (Wildman–Crippen LogP) is 5.04. The largest absolute Gasteiger partial charge is 0.490 e. The van der Waals surface area contributed by atoms with Gasteiger partial charge in [-0.1, -0.05) is 17.7 Å². The van der Waals surface area contributed by atoms with Gasteiger partial charge in [-0.05, 0) is 43.5 Å². The number of cyclic esters (lactones) is 1. The highest BCUT2D eigenvalue weighted by atomic mass is 35.5. The van der Waals surface area contributed by atoms with Crippen LogP contribution in [0.2, 0.25) is 5.15 Å². The molecule has 1 aliphatic carbocycles. The molecule has 1 aromatic heterocycles. The normalized spacial score (nSPS) is 20.7. The van der Waals surface area contributed by atoms with E-state index in [1.54, 1.807) is 11.1 Å². The molecule has 1 amide bonds. The summed E-state index contributed by atoms with van der Waals surface area (Å²) in [5.41, 5.74) is 0.963. The van der Waals surface area contributed by atoms with Gasteiger partial charge in [0.15, 0.2) is 16.7 Å². The van der Waals surface area contributed by atoms with Gasteiger partial charge in [-0.2, -0.15) is 0 Å². The number of aromatic nitrogens is 1. The quantitative estimate of drug-likeness (QED) is 0.302. The van der Waals surface area contributed by atoms with Crippen molar-refractivity contribution in [3.05, 3.63) is 52.8 Å². The molecule has 2 saturated heterocycles. The lowest BCUT2D eigenvalue weighted by Gasteiger charge is -2.33. The van der Waals surface area contributed by atoms with Crippen LogP contribution in [0.25, 0.3) is 0 Å². The molecule has 0 N–H and O–H groups in total. The first-order chi connectivity index (χ1) is 18.8. The molecule has 2 aliphatic heterocycles. The summed E-state index contributed by atoms with van der Waals surface area (Å²) < 4.78 is 41.3. The van der Waals surface area contributed by atoms with Crippen molar-refractivity contribution in [2.75, 3.05) is 56.2 Å². The molecule has 1 saturated carbocycles. The number of nitrogens with zero attached hydrogens (tertiary/aromatic N) is 5. The summed E-state index contributed by atoms with van der Waals surface area (Å²) in [6.07, 6.45) is 3.92. The van der Waals surface area contributed by atoms with E-state index in [-0.39, 0.29) is 17.9 Å². The number of hydrogen-bond acceptors (Lipinski definition) is 8. The third-order valence-corrected chi connectivity index (χ3v) is 8.12. The van der Waals surface area contributed by atoms with Crippen molar-refractivity contribution in [2.24, 2.45) is 5.92 Å². The molecule has 3 fully saturated rings. The third-order valence-electron chi connectivity index (χ3n) is 7.41. The number of carbonyl (C=O) groups excluding carboxylic acids is 1. The first kappa shape index (κ1) is 27.9. The van der Waals surface area contributed by atoms with Gasteiger partial charge in [-0.15, -0.1) is 0 Å². The number of amides is 1. The van der Waals surface area contributed by atoms with E-state index in [9.17, 15) is 4.79 Å². The maximum absolute atomic E-state index is 15.5. The van der Waals surface area contributed by atoms with Gasteiger partial charge in [0.1, 0.15) is 16.9 Å². The summed E-state index contributed by atoms with van der Waals surface area (Å²) in [6.45, 7) is 3.76. The zero-order valence-electron chi connectivity index (χ0n) is 21.8. The molecule has 39 heavy (non-hydrogen) atoms. The number of rotatable bonds is 9. The van der Waals surface area contributed by atoms with Crippen LogP contribution in [-0.2, 0) is 16.0 Å². The summed E-state index contributed by atoms with van der Waals surface area (Å²) >= 11 is 11.4. The highest BCUT2D eigenvalue weighted by molar-refractivity contribution is 7.80. The molecule has 3 aliphatic rings. The minimum absolute atomic E-state index is 0.0825. The zero-order chi connectivity index (χ0) is 27.5. The topological polar surface area (TPSA) is 61.4 Å². The van der Waals surface area contributed by atoms with Crippen molar-refractivity contribution >= 4 is 46.3 Å². The number of halogens is 3. The Morgan fingerprint density at radius 1 is 1.18 bits per heavy atom. The Labute approximate surface area is 237 Å². The van der Waals surface area contributed by atoms with Gasteiger partial charge in [0.25, 0.3) is 0 Å².